The molecule has 0 unspecified atom stereocenters. The van der Waals surface area contributed by atoms with Crippen molar-refractivity contribution in [3.8, 4) is 11.3 Å². The SMILES string of the molecule is Cc1cc(-c2cn[nH]c2[C@@H]2CCCCN2C(=O)Cc2cccc(F)c2)on1. The van der Waals surface area contributed by atoms with Crippen LogP contribution < -0.4 is 0 Å². The van der Waals surface area contributed by atoms with E-state index in [0.29, 0.717) is 17.9 Å². The van der Waals surface area contributed by atoms with Gasteiger partial charge < -0.3 is 9.42 Å². The molecule has 0 aliphatic carbocycles. The van der Waals surface area contributed by atoms with Crippen molar-refractivity contribution in [2.24, 2.45) is 0 Å². The molecule has 6 nitrogen and oxygen atoms in total. The van der Waals surface area contributed by atoms with Crippen molar-refractivity contribution in [1.29, 1.82) is 0 Å². The van der Waals surface area contributed by atoms with Crippen LogP contribution in [0.2, 0.25) is 0 Å². The molecule has 140 valence electrons. The summed E-state index contributed by atoms with van der Waals surface area (Å²) in [5.74, 6) is 0.297. The summed E-state index contributed by atoms with van der Waals surface area (Å²) in [5, 5.41) is 11.2. The molecule has 1 saturated heterocycles. The molecular weight excluding hydrogens is 347 g/mol. The lowest BCUT2D eigenvalue weighted by molar-refractivity contribution is -0.134. The smallest absolute Gasteiger partial charge is 0.227 e. The topological polar surface area (TPSA) is 75.0 Å². The summed E-state index contributed by atoms with van der Waals surface area (Å²) in [6.07, 6.45) is 4.72. The summed E-state index contributed by atoms with van der Waals surface area (Å²) >= 11 is 0. The molecule has 1 amide bonds. The maximum atomic E-state index is 13.4. The fraction of sp³-hybridized carbons (Fsp3) is 0.350. The Morgan fingerprint density at radius 3 is 3.04 bits per heavy atom. The highest BCUT2D eigenvalue weighted by atomic mass is 19.1. The number of carbonyl (C=O) groups is 1. The Kier molecular flexibility index (Phi) is 4.75. The Labute approximate surface area is 156 Å². The first-order valence-corrected chi connectivity index (χ1v) is 9.12. The zero-order valence-corrected chi connectivity index (χ0v) is 15.1. The monoisotopic (exact) mass is 368 g/mol. The number of nitrogens with zero attached hydrogens (tertiary/aromatic N) is 3. The number of hydrogen-bond acceptors (Lipinski definition) is 4. The largest absolute Gasteiger partial charge is 0.356 e. The van der Waals surface area contributed by atoms with Crippen LogP contribution in [0.5, 0.6) is 0 Å². The molecule has 1 aliphatic heterocycles. The van der Waals surface area contributed by atoms with Gasteiger partial charge in [0, 0.05) is 12.6 Å². The quantitative estimate of drug-likeness (QED) is 0.760. The van der Waals surface area contributed by atoms with E-state index in [1.54, 1.807) is 18.3 Å². The Morgan fingerprint density at radius 2 is 2.26 bits per heavy atom. The number of piperidine rings is 1. The molecule has 1 aliphatic rings. The predicted molar refractivity (Wildman–Crippen MR) is 97.2 cm³/mol. The molecule has 1 N–H and O–H groups in total. The number of aryl methyl sites for hydroxylation is 1. The summed E-state index contributed by atoms with van der Waals surface area (Å²) in [6.45, 7) is 2.54. The molecule has 4 rings (SSSR count). The zero-order valence-electron chi connectivity index (χ0n) is 15.1. The van der Waals surface area contributed by atoms with Gasteiger partial charge in [0.15, 0.2) is 5.76 Å². The van der Waals surface area contributed by atoms with E-state index < -0.39 is 0 Å². The minimum atomic E-state index is -0.327. The van der Waals surface area contributed by atoms with Crippen LogP contribution in [0.3, 0.4) is 0 Å². The number of benzene rings is 1. The van der Waals surface area contributed by atoms with E-state index in [4.69, 9.17) is 4.52 Å². The van der Waals surface area contributed by atoms with Gasteiger partial charge in [0.25, 0.3) is 0 Å². The molecule has 0 spiro atoms. The van der Waals surface area contributed by atoms with Crippen molar-refractivity contribution < 1.29 is 13.7 Å². The first kappa shape index (κ1) is 17.5. The summed E-state index contributed by atoms with van der Waals surface area (Å²) in [5.41, 5.74) is 3.16. The van der Waals surface area contributed by atoms with Crippen molar-refractivity contribution in [3.63, 3.8) is 0 Å². The van der Waals surface area contributed by atoms with Crippen molar-refractivity contribution in [2.75, 3.05) is 6.54 Å². The molecule has 3 aromatic rings. The predicted octanol–water partition coefficient (Wildman–Crippen LogP) is 3.81. The average Bonchev–Trinajstić information content (AvgIpc) is 3.30. The second-order valence-corrected chi connectivity index (χ2v) is 6.94. The Bertz CT molecular complexity index is 949. The summed E-state index contributed by atoms with van der Waals surface area (Å²) in [6, 6.07) is 7.95. The maximum absolute atomic E-state index is 13.4. The standard InChI is InChI=1S/C20H21FN4O2/c1-13-9-18(27-24-13)16-12-22-23-20(16)17-7-2-3-8-25(17)19(26)11-14-5-4-6-15(21)10-14/h4-6,9-10,12,17H,2-3,7-8,11H2,1H3,(H,22,23)/t17-/m0/s1. The third-order valence-electron chi connectivity index (χ3n) is 4.96. The summed E-state index contributed by atoms with van der Waals surface area (Å²) in [7, 11) is 0. The number of hydrogen-bond donors (Lipinski definition) is 1. The minimum absolute atomic E-state index is 0.0143. The number of likely N-dealkylation sites (tertiary alicyclic amines) is 1. The van der Waals surface area contributed by atoms with Crippen LogP contribution in [-0.4, -0.2) is 32.7 Å². The third-order valence-corrected chi connectivity index (χ3v) is 4.96. The van der Waals surface area contributed by atoms with Crippen LogP contribution in [0, 0.1) is 12.7 Å². The summed E-state index contributed by atoms with van der Waals surface area (Å²) < 4.78 is 18.8. The normalized spacial score (nSPS) is 17.3. The molecule has 27 heavy (non-hydrogen) atoms. The van der Waals surface area contributed by atoms with Crippen molar-refractivity contribution in [1.82, 2.24) is 20.3 Å². The Hall–Kier alpha value is -2.96. The maximum Gasteiger partial charge on any atom is 0.227 e. The van der Waals surface area contributed by atoms with Gasteiger partial charge in [-0.15, -0.1) is 0 Å². The van der Waals surface area contributed by atoms with Crippen LogP contribution >= 0.6 is 0 Å². The molecule has 7 heteroatoms. The van der Waals surface area contributed by atoms with Crippen LogP contribution in [0.15, 0.2) is 41.1 Å². The van der Waals surface area contributed by atoms with Gasteiger partial charge in [-0.3, -0.25) is 9.89 Å². The molecule has 1 fully saturated rings. The van der Waals surface area contributed by atoms with Crippen LogP contribution in [0.1, 0.15) is 42.3 Å². The lowest BCUT2D eigenvalue weighted by Crippen LogP contribution is -2.39. The van der Waals surface area contributed by atoms with Gasteiger partial charge in [-0.25, -0.2) is 4.39 Å². The first-order valence-electron chi connectivity index (χ1n) is 9.12. The average molecular weight is 368 g/mol. The molecular formula is C20H21FN4O2. The molecule has 2 aromatic heterocycles. The van der Waals surface area contributed by atoms with Gasteiger partial charge in [-0.2, -0.15) is 5.10 Å². The highest BCUT2D eigenvalue weighted by Gasteiger charge is 2.31. The molecule has 0 bridgehead atoms. The number of halogens is 1. The molecule has 0 radical (unpaired) electrons. The van der Waals surface area contributed by atoms with Crippen molar-refractivity contribution >= 4 is 5.91 Å². The number of amides is 1. The molecule has 1 aromatic carbocycles. The number of carbonyl (C=O) groups excluding carboxylic acids is 1. The zero-order chi connectivity index (χ0) is 18.8. The van der Waals surface area contributed by atoms with Gasteiger partial charge >= 0.3 is 0 Å². The van der Waals surface area contributed by atoms with Gasteiger partial charge in [-0.05, 0) is 43.9 Å². The second kappa shape index (κ2) is 7.34. The van der Waals surface area contributed by atoms with Crippen LogP contribution in [-0.2, 0) is 11.2 Å². The van der Waals surface area contributed by atoms with Crippen molar-refractivity contribution in [3.05, 3.63) is 59.3 Å². The molecule has 3 heterocycles. The minimum Gasteiger partial charge on any atom is -0.356 e. The van der Waals surface area contributed by atoms with Gasteiger partial charge in [0.1, 0.15) is 5.82 Å². The van der Waals surface area contributed by atoms with E-state index in [9.17, 15) is 9.18 Å². The van der Waals surface area contributed by atoms with E-state index in [0.717, 1.165) is 36.2 Å². The number of H-pyrrole nitrogens is 1. The van der Waals surface area contributed by atoms with Gasteiger partial charge in [0.2, 0.25) is 5.91 Å². The summed E-state index contributed by atoms with van der Waals surface area (Å²) in [4.78, 5) is 14.8. The highest BCUT2D eigenvalue weighted by Crippen LogP contribution is 2.36. The number of nitrogens with one attached hydrogen (secondary N) is 1. The van der Waals surface area contributed by atoms with E-state index in [1.807, 2.05) is 17.9 Å². The first-order chi connectivity index (χ1) is 13.1. The lowest BCUT2D eigenvalue weighted by atomic mass is 9.95. The molecule has 0 saturated carbocycles. The van der Waals surface area contributed by atoms with Gasteiger partial charge in [0.05, 0.1) is 35.6 Å². The fourth-order valence-corrected chi connectivity index (χ4v) is 3.69. The van der Waals surface area contributed by atoms with Crippen LogP contribution in [0.25, 0.3) is 11.3 Å². The highest BCUT2D eigenvalue weighted by molar-refractivity contribution is 5.79. The number of rotatable bonds is 4. The second-order valence-electron chi connectivity index (χ2n) is 6.94. The van der Waals surface area contributed by atoms with E-state index in [2.05, 4.69) is 15.4 Å². The molecule has 1 atom stereocenters. The van der Waals surface area contributed by atoms with E-state index in [-0.39, 0.29) is 24.2 Å². The lowest BCUT2D eigenvalue weighted by Gasteiger charge is -2.35. The van der Waals surface area contributed by atoms with E-state index in [1.165, 1.54) is 12.1 Å². The number of aromatic amines is 1. The fourth-order valence-electron chi connectivity index (χ4n) is 3.69. The number of aromatic nitrogens is 3. The van der Waals surface area contributed by atoms with Gasteiger partial charge in [-0.1, -0.05) is 17.3 Å². The Morgan fingerprint density at radius 1 is 1.37 bits per heavy atom. The van der Waals surface area contributed by atoms with Crippen LogP contribution in [0.4, 0.5) is 4.39 Å². The Balaban J connectivity index is 1.60. The third kappa shape index (κ3) is 3.63. The van der Waals surface area contributed by atoms with E-state index >= 15 is 0 Å². The van der Waals surface area contributed by atoms with Crippen molar-refractivity contribution in [2.45, 2.75) is 38.6 Å².